The van der Waals surface area contributed by atoms with Crippen molar-refractivity contribution in [3.05, 3.63) is 29.1 Å². The molecule has 0 aromatic carbocycles. The number of hydrogen-bond donors (Lipinski definition) is 2. The van der Waals surface area contributed by atoms with E-state index < -0.39 is 0 Å². The van der Waals surface area contributed by atoms with E-state index in [2.05, 4.69) is 36.4 Å². The van der Waals surface area contributed by atoms with E-state index in [1.165, 1.54) is 31.2 Å². The van der Waals surface area contributed by atoms with Gasteiger partial charge < -0.3 is 0 Å². The summed E-state index contributed by atoms with van der Waals surface area (Å²) in [7, 11) is 0. The fourth-order valence-electron chi connectivity index (χ4n) is 2.17. The van der Waals surface area contributed by atoms with Crippen molar-refractivity contribution in [3.63, 3.8) is 0 Å². The van der Waals surface area contributed by atoms with E-state index in [1.807, 2.05) is 6.92 Å². The van der Waals surface area contributed by atoms with Crippen LogP contribution in [0, 0.1) is 13.8 Å². The number of nitrogens with two attached hydrogens (primary N) is 1. The predicted molar refractivity (Wildman–Crippen MR) is 72.5 cm³/mol. The first-order valence-corrected chi connectivity index (χ1v) is 6.59. The zero-order valence-electron chi connectivity index (χ0n) is 11.3. The second kappa shape index (κ2) is 7.41. The summed E-state index contributed by atoms with van der Waals surface area (Å²) in [6.07, 6.45) is 6.17. The normalized spacial score (nSPS) is 12.7. The lowest BCUT2D eigenvalue weighted by atomic mass is 9.99. The van der Waals surface area contributed by atoms with Gasteiger partial charge >= 0.3 is 0 Å². The van der Waals surface area contributed by atoms with Crippen LogP contribution in [0.25, 0.3) is 0 Å². The summed E-state index contributed by atoms with van der Waals surface area (Å²) in [6, 6.07) is 4.43. The van der Waals surface area contributed by atoms with E-state index in [-0.39, 0.29) is 6.04 Å². The van der Waals surface area contributed by atoms with Crippen molar-refractivity contribution >= 4 is 0 Å². The van der Waals surface area contributed by atoms with E-state index in [1.54, 1.807) is 0 Å². The maximum Gasteiger partial charge on any atom is 0.0477 e. The monoisotopic (exact) mass is 235 g/mol. The van der Waals surface area contributed by atoms with Crippen LogP contribution in [0.5, 0.6) is 0 Å². The minimum absolute atomic E-state index is 0.236. The molecule has 0 spiro atoms. The topological polar surface area (TPSA) is 50.9 Å². The molecule has 1 aromatic rings. The van der Waals surface area contributed by atoms with Crippen LogP contribution in [0.3, 0.4) is 0 Å². The molecule has 1 atom stereocenters. The quantitative estimate of drug-likeness (QED) is 0.433. The number of hydrogen-bond acceptors (Lipinski definition) is 3. The highest BCUT2D eigenvalue weighted by molar-refractivity contribution is 5.24. The summed E-state index contributed by atoms with van der Waals surface area (Å²) in [5.41, 5.74) is 6.30. The molecule has 0 saturated carbocycles. The first kappa shape index (κ1) is 14.1. The summed E-state index contributed by atoms with van der Waals surface area (Å²) in [5.74, 6) is 5.65. The van der Waals surface area contributed by atoms with Crippen molar-refractivity contribution in [3.8, 4) is 0 Å². The Morgan fingerprint density at radius 1 is 1.24 bits per heavy atom. The molecule has 1 heterocycles. The number of aryl methyl sites for hydroxylation is 2. The Bertz CT molecular complexity index is 336. The molecular formula is C14H25N3. The Kier molecular flexibility index (Phi) is 6.16. The molecule has 17 heavy (non-hydrogen) atoms. The molecule has 0 aliphatic heterocycles. The van der Waals surface area contributed by atoms with Gasteiger partial charge in [0.25, 0.3) is 0 Å². The lowest BCUT2D eigenvalue weighted by Gasteiger charge is -2.18. The number of nitrogens with one attached hydrogen (secondary N) is 1. The number of rotatable bonds is 7. The summed E-state index contributed by atoms with van der Waals surface area (Å²) in [6.45, 7) is 6.30. The van der Waals surface area contributed by atoms with Gasteiger partial charge in [-0.1, -0.05) is 38.7 Å². The number of aromatic nitrogens is 1. The summed E-state index contributed by atoms with van der Waals surface area (Å²) < 4.78 is 0. The fraction of sp³-hybridized carbons (Fsp3) is 0.643. The van der Waals surface area contributed by atoms with E-state index in [0.29, 0.717) is 0 Å². The molecule has 0 amide bonds. The van der Waals surface area contributed by atoms with Gasteiger partial charge in [-0.25, -0.2) is 0 Å². The third-order valence-corrected chi connectivity index (χ3v) is 3.19. The van der Waals surface area contributed by atoms with Gasteiger partial charge in [-0.05, 0) is 31.9 Å². The molecule has 0 bridgehead atoms. The molecule has 3 heteroatoms. The number of unbranched alkanes of at least 4 members (excludes halogenated alkanes) is 3. The van der Waals surface area contributed by atoms with Gasteiger partial charge in [-0.2, -0.15) is 0 Å². The van der Waals surface area contributed by atoms with Crippen LogP contribution in [0.2, 0.25) is 0 Å². The molecule has 0 aliphatic carbocycles. The van der Waals surface area contributed by atoms with E-state index in [0.717, 1.165) is 17.8 Å². The van der Waals surface area contributed by atoms with Gasteiger partial charge in [0.2, 0.25) is 0 Å². The summed E-state index contributed by atoms with van der Waals surface area (Å²) >= 11 is 0. The minimum atomic E-state index is 0.236. The van der Waals surface area contributed by atoms with E-state index >= 15 is 0 Å². The summed E-state index contributed by atoms with van der Waals surface area (Å²) in [4.78, 5) is 4.49. The molecule has 1 rings (SSSR count). The maximum absolute atomic E-state index is 5.65. The molecule has 0 saturated heterocycles. The predicted octanol–water partition coefficient (Wildman–Crippen LogP) is 3.17. The number of hydrazine groups is 1. The summed E-state index contributed by atoms with van der Waals surface area (Å²) in [5, 5.41) is 0. The van der Waals surface area contributed by atoms with Crippen molar-refractivity contribution < 1.29 is 0 Å². The Morgan fingerprint density at radius 3 is 2.59 bits per heavy atom. The highest BCUT2D eigenvalue weighted by Gasteiger charge is 2.12. The van der Waals surface area contributed by atoms with Crippen molar-refractivity contribution in [1.29, 1.82) is 0 Å². The SMILES string of the molecule is CCCCCCC(NN)c1ccc(C)nc1C. The standard InChI is InChI=1S/C14H25N3/c1-4-5-6-7-8-14(17-15)13-10-9-11(2)16-12(13)3/h9-10,14,17H,4-8,15H2,1-3H3. The third kappa shape index (κ3) is 4.44. The second-order valence-corrected chi connectivity index (χ2v) is 4.70. The molecule has 0 aliphatic rings. The maximum atomic E-state index is 5.65. The molecule has 3 N–H and O–H groups in total. The highest BCUT2D eigenvalue weighted by atomic mass is 15.2. The van der Waals surface area contributed by atoms with Crippen molar-refractivity contribution in [2.45, 2.75) is 58.9 Å². The number of pyridine rings is 1. The Morgan fingerprint density at radius 2 is 2.00 bits per heavy atom. The smallest absolute Gasteiger partial charge is 0.0477 e. The highest BCUT2D eigenvalue weighted by Crippen LogP contribution is 2.21. The Balaban J connectivity index is 2.59. The molecule has 1 aromatic heterocycles. The fourth-order valence-corrected chi connectivity index (χ4v) is 2.17. The lowest BCUT2D eigenvalue weighted by molar-refractivity contribution is 0.478. The van der Waals surface area contributed by atoms with Gasteiger partial charge in [0, 0.05) is 17.4 Å². The van der Waals surface area contributed by atoms with Gasteiger partial charge in [-0.3, -0.25) is 16.3 Å². The van der Waals surface area contributed by atoms with Crippen LogP contribution in [0.15, 0.2) is 12.1 Å². The zero-order chi connectivity index (χ0) is 12.7. The Labute approximate surface area is 105 Å². The molecule has 1 unspecified atom stereocenters. The largest absolute Gasteiger partial charge is 0.271 e. The lowest BCUT2D eigenvalue weighted by Crippen LogP contribution is -2.28. The Hall–Kier alpha value is -0.930. The van der Waals surface area contributed by atoms with Gasteiger partial charge in [-0.15, -0.1) is 0 Å². The van der Waals surface area contributed by atoms with Crippen LogP contribution < -0.4 is 11.3 Å². The second-order valence-electron chi connectivity index (χ2n) is 4.70. The van der Waals surface area contributed by atoms with Crippen LogP contribution in [-0.2, 0) is 0 Å². The van der Waals surface area contributed by atoms with Crippen molar-refractivity contribution in [2.75, 3.05) is 0 Å². The van der Waals surface area contributed by atoms with Crippen LogP contribution in [0.1, 0.15) is 62.0 Å². The molecule has 0 radical (unpaired) electrons. The van der Waals surface area contributed by atoms with E-state index in [4.69, 9.17) is 5.84 Å². The molecular weight excluding hydrogens is 210 g/mol. The first-order valence-electron chi connectivity index (χ1n) is 6.59. The van der Waals surface area contributed by atoms with Crippen LogP contribution in [0.4, 0.5) is 0 Å². The van der Waals surface area contributed by atoms with Gasteiger partial charge in [0.05, 0.1) is 0 Å². The van der Waals surface area contributed by atoms with Gasteiger partial charge in [0.1, 0.15) is 0 Å². The molecule has 0 fully saturated rings. The first-order chi connectivity index (χ1) is 8.19. The number of nitrogens with zero attached hydrogens (tertiary/aromatic N) is 1. The van der Waals surface area contributed by atoms with Crippen LogP contribution >= 0.6 is 0 Å². The molecule has 3 nitrogen and oxygen atoms in total. The van der Waals surface area contributed by atoms with Crippen molar-refractivity contribution in [1.82, 2.24) is 10.4 Å². The van der Waals surface area contributed by atoms with E-state index in [9.17, 15) is 0 Å². The zero-order valence-corrected chi connectivity index (χ0v) is 11.3. The molecule has 96 valence electrons. The third-order valence-electron chi connectivity index (χ3n) is 3.19. The van der Waals surface area contributed by atoms with Crippen LogP contribution in [-0.4, -0.2) is 4.98 Å². The average Bonchev–Trinajstić information content (AvgIpc) is 2.31. The minimum Gasteiger partial charge on any atom is -0.271 e. The van der Waals surface area contributed by atoms with Crippen molar-refractivity contribution in [2.24, 2.45) is 5.84 Å². The average molecular weight is 235 g/mol. The van der Waals surface area contributed by atoms with Gasteiger partial charge in [0.15, 0.2) is 0 Å².